The van der Waals surface area contributed by atoms with E-state index in [2.05, 4.69) is 286 Å². The van der Waals surface area contributed by atoms with E-state index in [1.807, 2.05) is 48.5 Å². The average Bonchev–Trinajstić information content (AvgIpc) is 1.56. The molecule has 16 aromatic rings. The third kappa shape index (κ3) is 10.1. The number of rotatable bonds is 11. The Morgan fingerprint density at radius 1 is 0.250 bits per heavy atom. The molecule has 0 atom stereocenters. The number of aromatic nitrogens is 5. The second kappa shape index (κ2) is 22.8. The molecule has 0 bridgehead atoms. The number of fused-ring (bicyclic) bond motifs is 6. The number of aryl methyl sites for hydroxylation is 4. The summed E-state index contributed by atoms with van der Waals surface area (Å²) in [5.74, 6) is 1.72. The van der Waals surface area contributed by atoms with Crippen molar-refractivity contribution in [3.63, 3.8) is 0 Å². The van der Waals surface area contributed by atoms with Crippen LogP contribution in [0.1, 0.15) is 27.8 Å². The van der Waals surface area contributed by atoms with Gasteiger partial charge in [-0.15, -0.1) is 0 Å². The molecule has 6 heteroatoms. The number of hydrogen-bond acceptors (Lipinski definition) is 4. The van der Waals surface area contributed by atoms with Gasteiger partial charge in [0.2, 0.25) is 0 Å². The smallest absolute Gasteiger partial charge is 0.164 e. The second-order valence-electron chi connectivity index (χ2n) is 24.3. The summed E-state index contributed by atoms with van der Waals surface area (Å²) in [4.78, 5) is 15.9. The zero-order valence-corrected chi connectivity index (χ0v) is 51.4. The standard InChI is InChI=1S/C86H60N6/c1-54-15-25-59(26-16-54)66-35-41-78-72(47-66)73-48-67(60-27-17-55(2)18-28-60)36-42-79(73)91(78)82-45-39-70(63-33-23-58(53-87)24-34-63)51-76(82)77-52-71(86-89-84(64-11-7-5-8-12-64)88-85(90-86)65-13-9-6-10-14-65)40-46-83(77)92-80-43-37-68(61-29-19-56(3)20-30-61)49-74(80)75-50-69(38-44-81(75)92)62-31-21-57(4)22-32-62/h5-52H,1-4H3. The van der Waals surface area contributed by atoms with Crippen LogP contribution in [0.2, 0.25) is 0 Å². The van der Waals surface area contributed by atoms with Gasteiger partial charge in [0.25, 0.3) is 0 Å². The van der Waals surface area contributed by atoms with Gasteiger partial charge < -0.3 is 9.13 Å². The number of benzene rings is 13. The van der Waals surface area contributed by atoms with Gasteiger partial charge in [-0.1, -0.05) is 222 Å². The van der Waals surface area contributed by atoms with Crippen molar-refractivity contribution >= 4 is 43.6 Å². The highest BCUT2D eigenvalue weighted by molar-refractivity contribution is 6.14. The lowest BCUT2D eigenvalue weighted by Crippen LogP contribution is -2.04. The van der Waals surface area contributed by atoms with Crippen LogP contribution >= 0.6 is 0 Å². The Hall–Kier alpha value is -12.0. The average molecular weight is 1180 g/mol. The normalized spacial score (nSPS) is 11.5. The minimum Gasteiger partial charge on any atom is -0.309 e. The molecule has 3 aromatic heterocycles. The zero-order valence-electron chi connectivity index (χ0n) is 51.4. The Morgan fingerprint density at radius 3 is 0.837 bits per heavy atom. The summed E-state index contributed by atoms with van der Waals surface area (Å²) in [6.45, 7) is 8.55. The Balaban J connectivity index is 1.02. The first-order chi connectivity index (χ1) is 45.1. The van der Waals surface area contributed by atoms with Crippen molar-refractivity contribution < 1.29 is 0 Å². The highest BCUT2D eigenvalue weighted by atomic mass is 15.0. The fraction of sp³-hybridized carbons (Fsp3) is 0.0465. The predicted molar refractivity (Wildman–Crippen MR) is 381 cm³/mol. The van der Waals surface area contributed by atoms with E-state index in [0.717, 1.165) is 138 Å². The van der Waals surface area contributed by atoms with Crippen LogP contribution in [0.3, 0.4) is 0 Å². The number of nitrogens with zero attached hydrogens (tertiary/aromatic N) is 6. The van der Waals surface area contributed by atoms with Crippen molar-refractivity contribution in [1.82, 2.24) is 24.1 Å². The SMILES string of the molecule is Cc1ccc(-c2ccc3c(c2)c2cc(-c4ccc(C)cc4)ccc2n3-c2ccc(-c3ccc(C#N)cc3)cc2-c2cc(-c3nc(-c4ccccc4)nc(-c4ccccc4)n3)ccc2-n2c3ccc(-c4ccc(C)cc4)cc3c3cc(-c4ccc(C)cc4)ccc32)cc1. The van der Waals surface area contributed by atoms with E-state index in [-0.39, 0.29) is 0 Å². The summed E-state index contributed by atoms with van der Waals surface area (Å²) in [5, 5.41) is 14.6. The van der Waals surface area contributed by atoms with Crippen LogP contribution in [0.15, 0.2) is 291 Å². The molecule has 6 nitrogen and oxygen atoms in total. The molecule has 0 spiro atoms. The maximum Gasteiger partial charge on any atom is 0.164 e. The van der Waals surface area contributed by atoms with Gasteiger partial charge in [0.15, 0.2) is 17.5 Å². The fourth-order valence-corrected chi connectivity index (χ4v) is 13.2. The molecule has 434 valence electrons. The van der Waals surface area contributed by atoms with Crippen molar-refractivity contribution in [2.24, 2.45) is 0 Å². The van der Waals surface area contributed by atoms with Crippen molar-refractivity contribution in [2.75, 3.05) is 0 Å². The summed E-state index contributed by atoms with van der Waals surface area (Å²) in [5.41, 5.74) is 27.5. The lowest BCUT2D eigenvalue weighted by molar-refractivity contribution is 1.07. The predicted octanol–water partition coefficient (Wildman–Crippen LogP) is 22.2. The molecule has 0 aliphatic carbocycles. The minimum absolute atomic E-state index is 0.548. The zero-order chi connectivity index (χ0) is 62.0. The van der Waals surface area contributed by atoms with Crippen LogP contribution in [-0.4, -0.2) is 24.1 Å². The van der Waals surface area contributed by atoms with Gasteiger partial charge in [-0.2, -0.15) is 5.26 Å². The third-order valence-electron chi connectivity index (χ3n) is 18.1. The summed E-state index contributed by atoms with van der Waals surface area (Å²) in [6.07, 6.45) is 0. The molecule has 92 heavy (non-hydrogen) atoms. The van der Waals surface area contributed by atoms with Gasteiger partial charge in [-0.25, -0.2) is 15.0 Å². The molecule has 0 amide bonds. The number of nitriles is 1. The molecule has 0 saturated carbocycles. The first-order valence-corrected chi connectivity index (χ1v) is 31.3. The van der Waals surface area contributed by atoms with Gasteiger partial charge in [0, 0.05) is 49.4 Å². The maximum atomic E-state index is 10.0. The molecular weight excluding hydrogens is 1120 g/mol. The van der Waals surface area contributed by atoms with Gasteiger partial charge >= 0.3 is 0 Å². The molecule has 0 aliphatic rings. The van der Waals surface area contributed by atoms with E-state index >= 15 is 0 Å². The Kier molecular flexibility index (Phi) is 13.7. The first kappa shape index (κ1) is 55.3. The Bertz CT molecular complexity index is 5300. The van der Waals surface area contributed by atoms with Crippen molar-refractivity contribution in [2.45, 2.75) is 27.7 Å². The van der Waals surface area contributed by atoms with Crippen LogP contribution in [-0.2, 0) is 0 Å². The Morgan fingerprint density at radius 2 is 0.511 bits per heavy atom. The van der Waals surface area contributed by atoms with Gasteiger partial charge in [0.1, 0.15) is 0 Å². The quantitative estimate of drug-likeness (QED) is 0.129. The van der Waals surface area contributed by atoms with E-state index in [1.165, 1.54) is 22.3 Å². The van der Waals surface area contributed by atoms with E-state index < -0.39 is 0 Å². The molecule has 0 fully saturated rings. The van der Waals surface area contributed by atoms with Gasteiger partial charge in [-0.05, 0) is 174 Å². The molecule has 0 N–H and O–H groups in total. The summed E-state index contributed by atoms with van der Waals surface area (Å²) in [7, 11) is 0. The van der Waals surface area contributed by atoms with Gasteiger partial charge in [-0.3, -0.25) is 0 Å². The lowest BCUT2D eigenvalue weighted by atomic mass is 9.94. The summed E-state index contributed by atoms with van der Waals surface area (Å²) >= 11 is 0. The molecule has 13 aromatic carbocycles. The highest BCUT2D eigenvalue weighted by Crippen LogP contribution is 2.46. The van der Waals surface area contributed by atoms with E-state index in [9.17, 15) is 5.26 Å². The van der Waals surface area contributed by atoms with Crippen LogP contribution in [0.5, 0.6) is 0 Å². The molecular formula is C86H60N6. The lowest BCUT2D eigenvalue weighted by Gasteiger charge is -2.21. The first-order valence-electron chi connectivity index (χ1n) is 31.3. The third-order valence-corrected chi connectivity index (χ3v) is 18.1. The highest BCUT2D eigenvalue weighted by Gasteiger charge is 2.25. The van der Waals surface area contributed by atoms with Crippen LogP contribution in [0, 0.1) is 39.0 Å². The van der Waals surface area contributed by atoms with Crippen molar-refractivity contribution in [3.05, 3.63) is 319 Å². The van der Waals surface area contributed by atoms with Crippen LogP contribution in [0.4, 0.5) is 0 Å². The van der Waals surface area contributed by atoms with Gasteiger partial charge in [0.05, 0.1) is 45.1 Å². The van der Waals surface area contributed by atoms with E-state index in [0.29, 0.717) is 23.0 Å². The molecule has 0 aliphatic heterocycles. The largest absolute Gasteiger partial charge is 0.309 e. The summed E-state index contributed by atoms with van der Waals surface area (Å²) < 4.78 is 4.93. The molecule has 0 unspecified atom stereocenters. The monoisotopic (exact) mass is 1180 g/mol. The van der Waals surface area contributed by atoms with E-state index in [1.54, 1.807) is 0 Å². The Labute approximate surface area is 535 Å². The second-order valence-corrected chi connectivity index (χ2v) is 24.3. The molecule has 3 heterocycles. The molecule has 0 saturated heterocycles. The maximum absolute atomic E-state index is 10.0. The fourth-order valence-electron chi connectivity index (χ4n) is 13.2. The molecule has 0 radical (unpaired) electrons. The van der Waals surface area contributed by atoms with Crippen molar-refractivity contribution in [3.8, 4) is 118 Å². The molecule has 16 rings (SSSR count). The van der Waals surface area contributed by atoms with Crippen LogP contribution in [0.25, 0.3) is 156 Å². The van der Waals surface area contributed by atoms with E-state index in [4.69, 9.17) is 15.0 Å². The van der Waals surface area contributed by atoms with Crippen LogP contribution < -0.4 is 0 Å². The topological polar surface area (TPSA) is 72.3 Å². The van der Waals surface area contributed by atoms with Crippen molar-refractivity contribution in [1.29, 1.82) is 5.26 Å². The minimum atomic E-state index is 0.548. The number of hydrogen-bond donors (Lipinski definition) is 0. The summed E-state index contributed by atoms with van der Waals surface area (Å²) in [6, 6.07) is 107.